The first-order valence-electron chi connectivity index (χ1n) is 7.62. The molecule has 2 amide bonds. The van der Waals surface area contributed by atoms with E-state index in [0.29, 0.717) is 24.5 Å². The van der Waals surface area contributed by atoms with Crippen molar-refractivity contribution in [3.63, 3.8) is 0 Å². The van der Waals surface area contributed by atoms with Gasteiger partial charge in [0.15, 0.2) is 0 Å². The minimum atomic E-state index is -0.244. The van der Waals surface area contributed by atoms with Gasteiger partial charge >= 0.3 is 6.03 Å². The maximum absolute atomic E-state index is 13.0. The highest BCUT2D eigenvalue weighted by Gasteiger charge is 2.33. The second-order valence-electron chi connectivity index (χ2n) is 5.94. The van der Waals surface area contributed by atoms with Crippen molar-refractivity contribution < 1.29 is 13.8 Å². The summed E-state index contributed by atoms with van der Waals surface area (Å²) in [7, 11) is 0. The molecule has 6 nitrogen and oxygen atoms in total. The molecule has 7 heteroatoms. The van der Waals surface area contributed by atoms with Gasteiger partial charge in [0, 0.05) is 18.5 Å². The molecule has 1 aromatic heterocycles. The number of hydrogen-bond donors (Lipinski definition) is 1. The predicted octanol–water partition coefficient (Wildman–Crippen LogP) is 2.60. The molecule has 1 saturated heterocycles. The first kappa shape index (κ1) is 15.5. The zero-order valence-electron chi connectivity index (χ0n) is 13.1. The monoisotopic (exact) mass is 318 g/mol. The quantitative estimate of drug-likeness (QED) is 0.944. The van der Waals surface area contributed by atoms with Crippen molar-refractivity contribution in [2.45, 2.75) is 38.8 Å². The number of aryl methyl sites for hydroxylation is 1. The van der Waals surface area contributed by atoms with Crippen molar-refractivity contribution >= 4 is 6.03 Å². The number of likely N-dealkylation sites (tertiary alicyclic amines) is 1. The lowest BCUT2D eigenvalue weighted by Crippen LogP contribution is -2.41. The van der Waals surface area contributed by atoms with Crippen LogP contribution in [0.1, 0.15) is 36.2 Å². The topological polar surface area (TPSA) is 71.3 Å². The number of nitrogens with zero attached hydrogens (tertiary/aromatic N) is 3. The summed E-state index contributed by atoms with van der Waals surface area (Å²) in [5, 5.41) is 10.3. The Morgan fingerprint density at radius 1 is 1.39 bits per heavy atom. The van der Waals surface area contributed by atoms with Crippen LogP contribution >= 0.6 is 0 Å². The third kappa shape index (κ3) is 3.33. The van der Waals surface area contributed by atoms with Crippen LogP contribution in [0.5, 0.6) is 0 Å². The fourth-order valence-corrected chi connectivity index (χ4v) is 2.96. The minimum absolute atomic E-state index is 0.126. The summed E-state index contributed by atoms with van der Waals surface area (Å²) in [4.78, 5) is 14.2. The van der Waals surface area contributed by atoms with E-state index in [1.54, 1.807) is 24.0 Å². The van der Waals surface area contributed by atoms with Crippen molar-refractivity contribution in [3.05, 3.63) is 47.0 Å². The molecule has 0 spiro atoms. The van der Waals surface area contributed by atoms with Gasteiger partial charge in [0.25, 0.3) is 0 Å². The second-order valence-corrected chi connectivity index (χ2v) is 5.94. The van der Waals surface area contributed by atoms with E-state index in [0.717, 1.165) is 12.0 Å². The van der Waals surface area contributed by atoms with Crippen LogP contribution in [0.4, 0.5) is 9.18 Å². The van der Waals surface area contributed by atoms with E-state index in [2.05, 4.69) is 20.3 Å². The van der Waals surface area contributed by atoms with Gasteiger partial charge in [0.1, 0.15) is 17.2 Å². The van der Waals surface area contributed by atoms with Gasteiger partial charge in [-0.1, -0.05) is 22.4 Å². The predicted molar refractivity (Wildman–Crippen MR) is 81.2 cm³/mol. The van der Waals surface area contributed by atoms with E-state index in [4.69, 9.17) is 0 Å². The number of urea groups is 1. The third-order valence-electron chi connectivity index (χ3n) is 4.33. The van der Waals surface area contributed by atoms with Crippen molar-refractivity contribution in [3.8, 4) is 0 Å². The summed E-state index contributed by atoms with van der Waals surface area (Å²) in [5.74, 6) is -0.0159. The number of rotatable bonds is 3. The smallest absolute Gasteiger partial charge is 0.317 e. The van der Waals surface area contributed by atoms with Gasteiger partial charge in [0.05, 0.1) is 6.54 Å². The van der Waals surface area contributed by atoms with Crippen LogP contribution in [-0.2, 0) is 6.54 Å². The van der Waals surface area contributed by atoms with Crippen molar-refractivity contribution in [1.82, 2.24) is 20.5 Å². The summed E-state index contributed by atoms with van der Waals surface area (Å²) in [6.45, 7) is 4.71. The van der Waals surface area contributed by atoms with Gasteiger partial charge in [-0.2, -0.15) is 0 Å². The molecule has 0 bridgehead atoms. The zero-order chi connectivity index (χ0) is 16.4. The molecule has 1 fully saturated rings. The van der Waals surface area contributed by atoms with E-state index < -0.39 is 0 Å². The number of hydrogen-bond acceptors (Lipinski definition) is 4. The van der Waals surface area contributed by atoms with Crippen LogP contribution in [0.25, 0.3) is 0 Å². The average Bonchev–Trinajstić information content (AvgIpc) is 3.11. The Labute approximate surface area is 133 Å². The summed E-state index contributed by atoms with van der Waals surface area (Å²) < 4.78 is 17.6. The van der Waals surface area contributed by atoms with Crippen LogP contribution < -0.4 is 5.32 Å². The average molecular weight is 318 g/mol. The summed E-state index contributed by atoms with van der Waals surface area (Å²) in [6, 6.07) is 6.49. The van der Waals surface area contributed by atoms with Crippen molar-refractivity contribution in [1.29, 1.82) is 0 Å². The third-order valence-corrected chi connectivity index (χ3v) is 4.33. The minimum Gasteiger partial charge on any atom is -0.332 e. The molecule has 2 heterocycles. The highest BCUT2D eigenvalue weighted by atomic mass is 19.1. The highest BCUT2D eigenvalue weighted by molar-refractivity contribution is 5.75. The fraction of sp³-hybridized carbons (Fsp3) is 0.438. The van der Waals surface area contributed by atoms with Crippen LogP contribution in [0.2, 0.25) is 0 Å². The normalized spacial score (nSPS) is 20.7. The van der Waals surface area contributed by atoms with Crippen LogP contribution in [0, 0.1) is 12.7 Å². The van der Waals surface area contributed by atoms with Gasteiger partial charge in [-0.3, -0.25) is 0 Å². The van der Waals surface area contributed by atoms with E-state index in [-0.39, 0.29) is 23.8 Å². The number of aromatic nitrogens is 2. The molecule has 0 saturated carbocycles. The molecule has 2 aromatic rings. The number of halogens is 1. The first-order valence-corrected chi connectivity index (χ1v) is 7.62. The molecule has 1 N–H and O–H groups in total. The lowest BCUT2D eigenvalue weighted by molar-refractivity contribution is 0.195. The van der Waals surface area contributed by atoms with Crippen molar-refractivity contribution in [2.24, 2.45) is 0 Å². The highest BCUT2D eigenvalue weighted by Crippen LogP contribution is 2.31. The Kier molecular flexibility index (Phi) is 4.27. The Bertz CT molecular complexity index is 686. The fourth-order valence-electron chi connectivity index (χ4n) is 2.96. The molecule has 122 valence electrons. The number of amides is 2. The number of benzene rings is 1. The summed E-state index contributed by atoms with van der Waals surface area (Å²) in [6.07, 6.45) is 0.865. The van der Waals surface area contributed by atoms with Gasteiger partial charge in [-0.25, -0.2) is 13.8 Å². The Hall–Kier alpha value is -2.44. The van der Waals surface area contributed by atoms with E-state index in [1.807, 2.05) is 6.92 Å². The Morgan fingerprint density at radius 3 is 2.78 bits per heavy atom. The largest absolute Gasteiger partial charge is 0.332 e. The molecule has 2 atom stereocenters. The van der Waals surface area contributed by atoms with E-state index >= 15 is 0 Å². The van der Waals surface area contributed by atoms with Gasteiger partial charge in [-0.05, 0) is 38.0 Å². The Balaban J connectivity index is 1.60. The van der Waals surface area contributed by atoms with Gasteiger partial charge < -0.3 is 10.2 Å². The molecule has 1 aliphatic rings. The molecule has 0 aliphatic carbocycles. The zero-order valence-corrected chi connectivity index (χ0v) is 13.1. The molecule has 23 heavy (non-hydrogen) atoms. The van der Waals surface area contributed by atoms with Gasteiger partial charge in [0.2, 0.25) is 0 Å². The maximum atomic E-state index is 13.0. The number of carbonyl (C=O) groups is 1. The lowest BCUT2D eigenvalue weighted by atomic mass is 9.97. The lowest BCUT2D eigenvalue weighted by Gasteiger charge is -2.21. The SMILES string of the molecule is Cc1nonc1CNC(=O)N1CC(c2ccc(F)cc2)CC1C. The molecular formula is C16H19FN4O2. The van der Waals surface area contributed by atoms with Crippen LogP contribution in [-0.4, -0.2) is 33.8 Å². The standard InChI is InChI=1S/C16H19FN4O2/c1-10-7-13(12-3-5-14(17)6-4-12)9-21(10)16(22)18-8-15-11(2)19-23-20-15/h3-6,10,13H,7-9H2,1-2H3,(H,18,22). The van der Waals surface area contributed by atoms with E-state index in [1.165, 1.54) is 12.1 Å². The van der Waals surface area contributed by atoms with Crippen LogP contribution in [0.3, 0.4) is 0 Å². The van der Waals surface area contributed by atoms with Gasteiger partial charge in [-0.15, -0.1) is 0 Å². The molecule has 1 aromatic carbocycles. The second kappa shape index (κ2) is 6.36. The number of carbonyl (C=O) groups excluding carboxylic acids is 1. The Morgan fingerprint density at radius 2 is 2.13 bits per heavy atom. The van der Waals surface area contributed by atoms with Crippen molar-refractivity contribution in [2.75, 3.05) is 6.54 Å². The molecule has 3 rings (SSSR count). The molecule has 0 radical (unpaired) electrons. The molecule has 1 aliphatic heterocycles. The molecule has 2 unspecified atom stereocenters. The first-order chi connectivity index (χ1) is 11.0. The molecular weight excluding hydrogens is 299 g/mol. The van der Waals surface area contributed by atoms with E-state index in [9.17, 15) is 9.18 Å². The summed E-state index contributed by atoms with van der Waals surface area (Å²) >= 11 is 0. The summed E-state index contributed by atoms with van der Waals surface area (Å²) in [5.41, 5.74) is 2.36. The number of nitrogens with one attached hydrogen (secondary N) is 1. The maximum Gasteiger partial charge on any atom is 0.317 e. The van der Waals surface area contributed by atoms with Crippen LogP contribution in [0.15, 0.2) is 28.9 Å².